The zero-order chi connectivity index (χ0) is 22.2. The number of hydrogen-bond donors (Lipinski definition) is 3. The highest BCUT2D eigenvalue weighted by Gasteiger charge is 2.20. The molecule has 168 valence electrons. The Morgan fingerprint density at radius 2 is 2.00 bits per heavy atom. The second kappa shape index (κ2) is 15.4. The van der Waals surface area contributed by atoms with E-state index in [0.717, 1.165) is 36.9 Å². The molecule has 0 fully saturated rings. The van der Waals surface area contributed by atoms with Crippen molar-refractivity contribution < 1.29 is 19.1 Å². The van der Waals surface area contributed by atoms with Gasteiger partial charge < -0.3 is 30.4 Å². The minimum Gasteiger partial charge on any atom is -0.492 e. The number of nitrogens with one attached hydrogen (secondary N) is 3. The maximum atomic E-state index is 12.4. The molecule has 0 aliphatic heterocycles. The van der Waals surface area contributed by atoms with Crippen LogP contribution < -0.4 is 20.7 Å². The highest BCUT2D eigenvalue weighted by atomic mass is 16.5. The molecule has 8 heteroatoms. The van der Waals surface area contributed by atoms with E-state index in [9.17, 15) is 14.4 Å². The molecule has 1 unspecified atom stereocenters. The molecule has 0 saturated carbocycles. The fourth-order valence-electron chi connectivity index (χ4n) is 3.04. The predicted molar refractivity (Wildman–Crippen MR) is 118 cm³/mol. The summed E-state index contributed by atoms with van der Waals surface area (Å²) in [6.07, 6.45) is 3.93. The van der Waals surface area contributed by atoms with E-state index in [4.69, 9.17) is 4.74 Å². The lowest BCUT2D eigenvalue weighted by molar-refractivity contribution is -0.134. The van der Waals surface area contributed by atoms with Gasteiger partial charge in [-0.1, -0.05) is 31.5 Å². The zero-order valence-electron chi connectivity index (χ0n) is 18.4. The number of aldehydes is 1. The molecular formula is C22H36N4O4. The van der Waals surface area contributed by atoms with Crippen LogP contribution in [0.5, 0.6) is 5.75 Å². The molecule has 8 nitrogen and oxygen atoms in total. The summed E-state index contributed by atoms with van der Waals surface area (Å²) >= 11 is 0. The van der Waals surface area contributed by atoms with Crippen molar-refractivity contribution in [2.75, 3.05) is 46.9 Å². The largest absolute Gasteiger partial charge is 0.492 e. The molecule has 0 radical (unpaired) electrons. The van der Waals surface area contributed by atoms with Crippen LogP contribution >= 0.6 is 0 Å². The maximum Gasteiger partial charge on any atom is 0.239 e. The van der Waals surface area contributed by atoms with Gasteiger partial charge in [0.15, 0.2) is 0 Å². The van der Waals surface area contributed by atoms with E-state index in [0.29, 0.717) is 32.7 Å². The average Bonchev–Trinajstić information content (AvgIpc) is 2.74. The van der Waals surface area contributed by atoms with Crippen molar-refractivity contribution in [1.29, 1.82) is 0 Å². The predicted octanol–water partition coefficient (Wildman–Crippen LogP) is 0.749. The lowest BCUT2D eigenvalue weighted by Gasteiger charge is -2.23. The van der Waals surface area contributed by atoms with Gasteiger partial charge in [-0.2, -0.15) is 0 Å². The summed E-state index contributed by atoms with van der Waals surface area (Å²) in [4.78, 5) is 36.0. The first-order valence-corrected chi connectivity index (χ1v) is 10.6. The van der Waals surface area contributed by atoms with Gasteiger partial charge in [0.05, 0.1) is 19.1 Å². The van der Waals surface area contributed by atoms with Gasteiger partial charge in [-0.25, -0.2) is 0 Å². The van der Waals surface area contributed by atoms with Crippen molar-refractivity contribution in [2.24, 2.45) is 0 Å². The van der Waals surface area contributed by atoms with Crippen molar-refractivity contribution in [2.45, 2.75) is 38.6 Å². The van der Waals surface area contributed by atoms with Crippen molar-refractivity contribution in [3.8, 4) is 5.75 Å². The molecule has 0 spiro atoms. The summed E-state index contributed by atoms with van der Waals surface area (Å²) in [5.74, 6) is 0.727. The Balaban J connectivity index is 2.45. The first kappa shape index (κ1) is 25.6. The highest BCUT2D eigenvalue weighted by molar-refractivity contribution is 5.83. The van der Waals surface area contributed by atoms with Gasteiger partial charge in [-0.15, -0.1) is 0 Å². The number of nitrogens with zero attached hydrogens (tertiary/aromatic N) is 1. The number of rotatable bonds is 16. The third-order valence-corrected chi connectivity index (χ3v) is 4.61. The van der Waals surface area contributed by atoms with E-state index in [-0.39, 0.29) is 24.4 Å². The Kier molecular flexibility index (Phi) is 13.1. The molecule has 1 atom stereocenters. The molecule has 0 aromatic heterocycles. The summed E-state index contributed by atoms with van der Waals surface area (Å²) in [5.41, 5.74) is 1.09. The number of carbonyl (C=O) groups is 3. The second-order valence-corrected chi connectivity index (χ2v) is 7.12. The van der Waals surface area contributed by atoms with Crippen LogP contribution in [0, 0.1) is 0 Å². The van der Waals surface area contributed by atoms with Crippen molar-refractivity contribution >= 4 is 18.1 Å². The number of likely N-dealkylation sites (N-methyl/N-ethyl adjacent to an activating group) is 2. The van der Waals surface area contributed by atoms with Gasteiger partial charge >= 0.3 is 0 Å². The van der Waals surface area contributed by atoms with Crippen LogP contribution in [-0.2, 0) is 20.8 Å². The van der Waals surface area contributed by atoms with Gasteiger partial charge in [-0.3, -0.25) is 9.59 Å². The molecule has 0 aliphatic rings. The molecule has 0 aliphatic carbocycles. The van der Waals surface area contributed by atoms with E-state index in [1.807, 2.05) is 31.2 Å². The molecule has 0 bridgehead atoms. The normalized spacial score (nSPS) is 11.6. The van der Waals surface area contributed by atoms with Crippen LogP contribution in [0.4, 0.5) is 0 Å². The molecule has 0 saturated heterocycles. The summed E-state index contributed by atoms with van der Waals surface area (Å²) in [5, 5.41) is 8.93. The molecule has 3 N–H and O–H groups in total. The smallest absolute Gasteiger partial charge is 0.239 e. The van der Waals surface area contributed by atoms with Gasteiger partial charge in [-0.05, 0) is 37.9 Å². The quantitative estimate of drug-likeness (QED) is 0.270. The SMILES string of the molecule is CCCC(NCCOc1ccccc1CCCNC(=O)CNC)C(=O)N(C)CC=O. The number of aryl methyl sites for hydroxylation is 1. The highest BCUT2D eigenvalue weighted by Crippen LogP contribution is 2.19. The molecule has 1 rings (SSSR count). The Morgan fingerprint density at radius 3 is 2.70 bits per heavy atom. The van der Waals surface area contributed by atoms with Gasteiger partial charge in [0, 0.05) is 20.1 Å². The number of ether oxygens (including phenoxy) is 1. The van der Waals surface area contributed by atoms with Crippen LogP contribution in [-0.4, -0.2) is 75.9 Å². The molecule has 0 heterocycles. The Morgan fingerprint density at radius 1 is 1.23 bits per heavy atom. The Bertz CT molecular complexity index is 654. The van der Waals surface area contributed by atoms with Crippen molar-refractivity contribution in [3.63, 3.8) is 0 Å². The average molecular weight is 421 g/mol. The minimum atomic E-state index is -0.319. The maximum absolute atomic E-state index is 12.4. The number of benzene rings is 1. The molecule has 30 heavy (non-hydrogen) atoms. The number of amides is 2. The van der Waals surface area contributed by atoms with Crippen molar-refractivity contribution in [3.05, 3.63) is 29.8 Å². The first-order valence-electron chi connectivity index (χ1n) is 10.6. The summed E-state index contributed by atoms with van der Waals surface area (Å²) in [6.45, 7) is 4.01. The standard InChI is InChI=1S/C22H36N4O4/c1-4-8-19(22(29)26(3)14-15-27)24-13-16-30-20-11-6-5-9-18(20)10-7-12-25-21(28)17-23-2/h5-6,9,11,15,19,23-24H,4,7-8,10,12-14,16-17H2,1-3H3,(H,25,28). The number of carbonyl (C=O) groups excluding carboxylic acids is 3. The number of hydrogen-bond acceptors (Lipinski definition) is 6. The molecular weight excluding hydrogens is 384 g/mol. The third-order valence-electron chi connectivity index (χ3n) is 4.61. The summed E-state index contributed by atoms with van der Waals surface area (Å²) < 4.78 is 5.93. The summed E-state index contributed by atoms with van der Waals surface area (Å²) in [7, 11) is 3.38. The Hall–Kier alpha value is -2.45. The monoisotopic (exact) mass is 420 g/mol. The lowest BCUT2D eigenvalue weighted by Crippen LogP contribution is -2.46. The first-order chi connectivity index (χ1) is 14.5. The van der Waals surface area contributed by atoms with Crippen LogP contribution in [0.1, 0.15) is 31.7 Å². The van der Waals surface area contributed by atoms with Crippen LogP contribution in [0.3, 0.4) is 0 Å². The fourth-order valence-corrected chi connectivity index (χ4v) is 3.04. The third kappa shape index (κ3) is 9.84. The van der Waals surface area contributed by atoms with Crippen LogP contribution in [0.25, 0.3) is 0 Å². The second-order valence-electron chi connectivity index (χ2n) is 7.12. The van der Waals surface area contributed by atoms with Crippen molar-refractivity contribution in [1.82, 2.24) is 20.9 Å². The fraction of sp³-hybridized carbons (Fsp3) is 0.591. The topological polar surface area (TPSA) is 99.8 Å². The zero-order valence-corrected chi connectivity index (χ0v) is 18.4. The molecule has 1 aromatic carbocycles. The van der Waals surface area contributed by atoms with Crippen LogP contribution in [0.2, 0.25) is 0 Å². The van der Waals surface area contributed by atoms with E-state index in [2.05, 4.69) is 16.0 Å². The van der Waals surface area contributed by atoms with Gasteiger partial charge in [0.25, 0.3) is 0 Å². The van der Waals surface area contributed by atoms with Gasteiger partial charge in [0.2, 0.25) is 11.8 Å². The summed E-state index contributed by atoms with van der Waals surface area (Å²) in [6, 6.07) is 7.54. The van der Waals surface area contributed by atoms with E-state index < -0.39 is 0 Å². The Labute approximate surface area is 179 Å². The van der Waals surface area contributed by atoms with E-state index >= 15 is 0 Å². The van der Waals surface area contributed by atoms with Gasteiger partial charge in [0.1, 0.15) is 18.6 Å². The molecule has 1 aromatic rings. The van der Waals surface area contributed by atoms with E-state index in [1.165, 1.54) is 4.90 Å². The number of para-hydroxylation sites is 1. The molecule has 2 amide bonds. The van der Waals surface area contributed by atoms with Crippen LogP contribution in [0.15, 0.2) is 24.3 Å². The lowest BCUT2D eigenvalue weighted by atomic mass is 10.1. The minimum absolute atomic E-state index is 0.0110. The van der Waals surface area contributed by atoms with E-state index in [1.54, 1.807) is 14.1 Å².